The van der Waals surface area contributed by atoms with Crippen LogP contribution in [0.5, 0.6) is 0 Å². The van der Waals surface area contributed by atoms with Crippen molar-refractivity contribution in [3.8, 4) is 0 Å². The minimum absolute atomic E-state index is 0.553. The zero-order chi connectivity index (χ0) is 11.4. The van der Waals surface area contributed by atoms with Crippen LogP contribution >= 0.6 is 0 Å². The first-order valence-electron chi connectivity index (χ1n) is 6.42. The van der Waals surface area contributed by atoms with Crippen LogP contribution in [-0.2, 0) is 0 Å². The lowest BCUT2D eigenvalue weighted by Gasteiger charge is -2.36. The molecule has 16 heavy (non-hydrogen) atoms. The van der Waals surface area contributed by atoms with Gasteiger partial charge in [-0.15, -0.1) is 0 Å². The van der Waals surface area contributed by atoms with Gasteiger partial charge in [0.1, 0.15) is 0 Å². The van der Waals surface area contributed by atoms with Crippen LogP contribution < -0.4 is 0 Å². The Labute approximate surface area is 98.7 Å². The number of rotatable bonds is 3. The molecule has 88 valence electrons. The van der Waals surface area contributed by atoms with E-state index in [1.807, 2.05) is 12.3 Å². The first-order valence-corrected chi connectivity index (χ1v) is 6.42. The van der Waals surface area contributed by atoms with Crippen LogP contribution in [0.15, 0.2) is 24.4 Å². The van der Waals surface area contributed by atoms with Crippen molar-refractivity contribution >= 4 is 0 Å². The number of hydrogen-bond donors (Lipinski definition) is 0. The molecule has 1 fully saturated rings. The normalized spacial score (nSPS) is 22.6. The monoisotopic (exact) mass is 218 g/mol. The maximum Gasteiger partial charge on any atom is 0.0575 e. The van der Waals surface area contributed by atoms with Crippen molar-refractivity contribution in [1.82, 2.24) is 9.88 Å². The van der Waals surface area contributed by atoms with E-state index in [9.17, 15) is 0 Å². The fourth-order valence-electron chi connectivity index (χ4n) is 2.59. The Kier molecular flexibility index (Phi) is 3.94. The molecule has 0 N–H and O–H groups in total. The Morgan fingerprint density at radius 3 is 2.94 bits per heavy atom. The zero-order valence-corrected chi connectivity index (χ0v) is 10.4. The molecule has 1 saturated heterocycles. The molecule has 0 spiro atoms. The van der Waals surface area contributed by atoms with Gasteiger partial charge >= 0.3 is 0 Å². The average Bonchev–Trinajstić information content (AvgIpc) is 2.30. The Hall–Kier alpha value is -0.890. The van der Waals surface area contributed by atoms with Crippen molar-refractivity contribution in [2.75, 3.05) is 13.1 Å². The molecule has 0 amide bonds. The smallest absolute Gasteiger partial charge is 0.0575 e. The molecule has 1 aromatic heterocycles. The SMILES string of the molecule is CC(C)CN1CCCCC1c1ccccn1. The van der Waals surface area contributed by atoms with Crippen molar-refractivity contribution in [3.05, 3.63) is 30.1 Å². The maximum absolute atomic E-state index is 4.52. The second kappa shape index (κ2) is 5.44. The third kappa shape index (κ3) is 2.82. The standard InChI is InChI=1S/C14H22N2/c1-12(2)11-16-10-6-4-8-14(16)13-7-3-5-9-15-13/h3,5,7,9,12,14H,4,6,8,10-11H2,1-2H3. The molecule has 0 aromatic carbocycles. The van der Waals surface area contributed by atoms with Crippen molar-refractivity contribution in [2.45, 2.75) is 39.2 Å². The number of likely N-dealkylation sites (tertiary alicyclic amines) is 1. The molecule has 0 saturated carbocycles. The van der Waals surface area contributed by atoms with Crippen molar-refractivity contribution < 1.29 is 0 Å². The fourth-order valence-corrected chi connectivity index (χ4v) is 2.59. The van der Waals surface area contributed by atoms with E-state index in [4.69, 9.17) is 0 Å². The highest BCUT2D eigenvalue weighted by Gasteiger charge is 2.24. The summed E-state index contributed by atoms with van der Waals surface area (Å²) in [6, 6.07) is 6.82. The third-order valence-corrected chi connectivity index (χ3v) is 3.24. The lowest BCUT2D eigenvalue weighted by atomic mass is 9.97. The summed E-state index contributed by atoms with van der Waals surface area (Å²) >= 11 is 0. The number of hydrogen-bond acceptors (Lipinski definition) is 2. The molecule has 0 bridgehead atoms. The molecule has 0 aliphatic carbocycles. The molecule has 1 aliphatic heterocycles. The predicted octanol–water partition coefficient (Wildman–Crippen LogP) is 3.26. The van der Waals surface area contributed by atoms with Crippen LogP contribution in [0.3, 0.4) is 0 Å². The highest BCUT2D eigenvalue weighted by molar-refractivity contribution is 5.09. The van der Waals surface area contributed by atoms with E-state index in [0.717, 1.165) is 5.92 Å². The minimum Gasteiger partial charge on any atom is -0.295 e. The zero-order valence-electron chi connectivity index (χ0n) is 10.4. The van der Waals surface area contributed by atoms with E-state index in [-0.39, 0.29) is 0 Å². The van der Waals surface area contributed by atoms with Gasteiger partial charge in [0.25, 0.3) is 0 Å². The quantitative estimate of drug-likeness (QED) is 0.774. The van der Waals surface area contributed by atoms with E-state index in [2.05, 4.69) is 35.9 Å². The summed E-state index contributed by atoms with van der Waals surface area (Å²) in [7, 11) is 0. The van der Waals surface area contributed by atoms with Crippen LogP contribution in [0.2, 0.25) is 0 Å². The molecule has 2 nitrogen and oxygen atoms in total. The van der Waals surface area contributed by atoms with E-state index < -0.39 is 0 Å². The van der Waals surface area contributed by atoms with Gasteiger partial charge < -0.3 is 0 Å². The summed E-state index contributed by atoms with van der Waals surface area (Å²) in [5.74, 6) is 0.740. The van der Waals surface area contributed by atoms with Crippen LogP contribution in [0.4, 0.5) is 0 Å². The van der Waals surface area contributed by atoms with Gasteiger partial charge in [0.15, 0.2) is 0 Å². The average molecular weight is 218 g/mol. The lowest BCUT2D eigenvalue weighted by Crippen LogP contribution is -2.36. The molecule has 0 radical (unpaired) electrons. The second-order valence-corrected chi connectivity index (χ2v) is 5.15. The van der Waals surface area contributed by atoms with Gasteiger partial charge in [0, 0.05) is 12.7 Å². The summed E-state index contributed by atoms with van der Waals surface area (Å²) < 4.78 is 0. The van der Waals surface area contributed by atoms with E-state index in [1.54, 1.807) is 0 Å². The Morgan fingerprint density at radius 2 is 2.25 bits per heavy atom. The summed E-state index contributed by atoms with van der Waals surface area (Å²) in [6.07, 6.45) is 5.87. The largest absolute Gasteiger partial charge is 0.295 e. The molecule has 2 heteroatoms. The maximum atomic E-state index is 4.52. The van der Waals surface area contributed by atoms with Crippen molar-refractivity contribution in [3.63, 3.8) is 0 Å². The molecule has 2 heterocycles. The van der Waals surface area contributed by atoms with Crippen LogP contribution in [0.25, 0.3) is 0 Å². The molecular formula is C14H22N2. The minimum atomic E-state index is 0.553. The van der Waals surface area contributed by atoms with E-state index in [1.165, 1.54) is 38.0 Å². The lowest BCUT2D eigenvalue weighted by molar-refractivity contribution is 0.129. The number of piperidine rings is 1. The van der Waals surface area contributed by atoms with Crippen molar-refractivity contribution in [1.29, 1.82) is 0 Å². The first kappa shape index (κ1) is 11.6. The summed E-state index contributed by atoms with van der Waals surface area (Å²) in [5, 5.41) is 0. The van der Waals surface area contributed by atoms with Crippen LogP contribution in [-0.4, -0.2) is 23.0 Å². The van der Waals surface area contributed by atoms with Gasteiger partial charge in [0.2, 0.25) is 0 Å². The first-order chi connectivity index (χ1) is 7.77. The van der Waals surface area contributed by atoms with E-state index in [0.29, 0.717) is 6.04 Å². The van der Waals surface area contributed by atoms with Crippen molar-refractivity contribution in [2.24, 2.45) is 5.92 Å². The van der Waals surface area contributed by atoms with Gasteiger partial charge in [-0.3, -0.25) is 9.88 Å². The van der Waals surface area contributed by atoms with Gasteiger partial charge in [-0.2, -0.15) is 0 Å². The molecule has 1 unspecified atom stereocenters. The van der Waals surface area contributed by atoms with E-state index >= 15 is 0 Å². The summed E-state index contributed by atoms with van der Waals surface area (Å²) in [6.45, 7) is 7.02. The van der Waals surface area contributed by atoms with Gasteiger partial charge in [-0.1, -0.05) is 26.3 Å². The number of pyridine rings is 1. The fraction of sp³-hybridized carbons (Fsp3) is 0.643. The topological polar surface area (TPSA) is 16.1 Å². The predicted molar refractivity (Wildman–Crippen MR) is 67.2 cm³/mol. The highest BCUT2D eigenvalue weighted by Crippen LogP contribution is 2.29. The Balaban J connectivity index is 2.10. The van der Waals surface area contributed by atoms with Gasteiger partial charge in [0.05, 0.1) is 11.7 Å². The summed E-state index contributed by atoms with van der Waals surface area (Å²) in [5.41, 5.74) is 1.25. The highest BCUT2D eigenvalue weighted by atomic mass is 15.2. The van der Waals surface area contributed by atoms with Crippen LogP contribution in [0.1, 0.15) is 44.8 Å². The Bertz CT molecular complexity index is 308. The Morgan fingerprint density at radius 1 is 1.38 bits per heavy atom. The van der Waals surface area contributed by atoms with Gasteiger partial charge in [-0.05, 0) is 37.4 Å². The molecule has 1 aromatic rings. The molecular weight excluding hydrogens is 196 g/mol. The molecule has 1 atom stereocenters. The molecule has 1 aliphatic rings. The third-order valence-electron chi connectivity index (χ3n) is 3.24. The number of nitrogens with zero attached hydrogens (tertiary/aromatic N) is 2. The van der Waals surface area contributed by atoms with Gasteiger partial charge in [-0.25, -0.2) is 0 Å². The molecule has 2 rings (SSSR count). The second-order valence-electron chi connectivity index (χ2n) is 5.15. The summed E-state index contributed by atoms with van der Waals surface area (Å²) in [4.78, 5) is 7.13. The number of aromatic nitrogens is 1. The van der Waals surface area contributed by atoms with Crippen LogP contribution in [0, 0.1) is 5.92 Å².